The van der Waals surface area contributed by atoms with E-state index in [2.05, 4.69) is 5.32 Å². The van der Waals surface area contributed by atoms with Gasteiger partial charge in [-0.3, -0.25) is 9.59 Å². The van der Waals surface area contributed by atoms with Crippen LogP contribution in [0.25, 0.3) is 0 Å². The molecule has 2 amide bonds. The fourth-order valence-electron chi connectivity index (χ4n) is 3.08. The molecule has 24 heavy (non-hydrogen) atoms. The number of carbonyl (C=O) groups is 2. The summed E-state index contributed by atoms with van der Waals surface area (Å²) in [5.41, 5.74) is 2.79. The van der Waals surface area contributed by atoms with Crippen molar-refractivity contribution < 1.29 is 18.0 Å². The molecule has 1 fully saturated rings. The minimum Gasteiger partial charge on any atom is -0.352 e. The first-order valence-corrected chi connectivity index (χ1v) is 9.86. The summed E-state index contributed by atoms with van der Waals surface area (Å²) in [5, 5.41) is 2.75. The van der Waals surface area contributed by atoms with Crippen molar-refractivity contribution in [1.29, 1.82) is 0 Å². The molecule has 0 spiro atoms. The van der Waals surface area contributed by atoms with E-state index >= 15 is 0 Å². The average molecular weight is 352 g/mol. The van der Waals surface area contributed by atoms with E-state index in [0.717, 1.165) is 16.8 Å². The van der Waals surface area contributed by atoms with Crippen molar-refractivity contribution in [1.82, 2.24) is 5.32 Å². The van der Waals surface area contributed by atoms with E-state index in [-0.39, 0.29) is 42.3 Å². The largest absolute Gasteiger partial charge is 0.352 e. The molecular weight excluding hydrogens is 328 g/mol. The smallest absolute Gasteiger partial charge is 0.223 e. The number of benzene rings is 1. The molecule has 1 aromatic carbocycles. The van der Waals surface area contributed by atoms with Gasteiger partial charge in [0.25, 0.3) is 0 Å². The first-order valence-electron chi connectivity index (χ1n) is 8.04. The number of anilines is 1. The van der Waals surface area contributed by atoms with Crippen LogP contribution >= 0.6 is 0 Å². The van der Waals surface area contributed by atoms with E-state index in [1.165, 1.54) is 6.92 Å². The number of amides is 2. The summed E-state index contributed by atoms with van der Waals surface area (Å²) in [4.78, 5) is 25.7. The predicted molar refractivity (Wildman–Crippen MR) is 93.8 cm³/mol. The number of aryl methyl sites for hydroxylation is 2. The van der Waals surface area contributed by atoms with Crippen LogP contribution in [0.5, 0.6) is 0 Å². The molecule has 1 aliphatic rings. The van der Waals surface area contributed by atoms with Gasteiger partial charge in [-0.25, -0.2) is 8.42 Å². The van der Waals surface area contributed by atoms with Gasteiger partial charge in [-0.1, -0.05) is 18.2 Å². The quantitative estimate of drug-likeness (QED) is 0.867. The third-order valence-corrected chi connectivity index (χ3v) is 6.02. The first kappa shape index (κ1) is 18.4. The Hall–Kier alpha value is -1.89. The molecule has 2 rings (SSSR count). The van der Waals surface area contributed by atoms with Crippen molar-refractivity contribution in [2.45, 2.75) is 39.7 Å². The molecule has 0 aromatic heterocycles. The summed E-state index contributed by atoms with van der Waals surface area (Å²) in [7, 11) is -3.02. The zero-order chi connectivity index (χ0) is 17.9. The number of nitrogens with one attached hydrogen (secondary N) is 1. The van der Waals surface area contributed by atoms with Crippen LogP contribution in [0.15, 0.2) is 18.2 Å². The Morgan fingerprint density at radius 3 is 2.38 bits per heavy atom. The fourth-order valence-corrected chi connectivity index (χ4v) is 4.75. The van der Waals surface area contributed by atoms with Crippen LogP contribution in [0.3, 0.4) is 0 Å². The van der Waals surface area contributed by atoms with Gasteiger partial charge in [0.15, 0.2) is 9.84 Å². The van der Waals surface area contributed by atoms with Gasteiger partial charge in [-0.05, 0) is 31.4 Å². The number of para-hydroxylation sites is 1. The molecule has 1 aliphatic heterocycles. The molecule has 1 heterocycles. The molecule has 1 atom stereocenters. The van der Waals surface area contributed by atoms with Crippen molar-refractivity contribution >= 4 is 27.3 Å². The molecule has 0 bridgehead atoms. The Kier molecular flexibility index (Phi) is 5.64. The zero-order valence-electron chi connectivity index (χ0n) is 14.3. The molecular formula is C17H24N2O4S. The topological polar surface area (TPSA) is 83.6 Å². The van der Waals surface area contributed by atoms with Crippen LogP contribution in [-0.4, -0.2) is 44.3 Å². The summed E-state index contributed by atoms with van der Waals surface area (Å²) in [5.74, 6) is -0.218. The monoisotopic (exact) mass is 352 g/mol. The Bertz CT molecular complexity index is 723. The van der Waals surface area contributed by atoms with Gasteiger partial charge >= 0.3 is 0 Å². The second-order valence-electron chi connectivity index (χ2n) is 6.33. The Morgan fingerprint density at radius 1 is 1.25 bits per heavy atom. The number of rotatable bonds is 5. The lowest BCUT2D eigenvalue weighted by atomic mass is 10.1. The van der Waals surface area contributed by atoms with E-state index in [0.29, 0.717) is 6.42 Å². The number of carbonyl (C=O) groups excluding carboxylic acids is 2. The van der Waals surface area contributed by atoms with Crippen molar-refractivity contribution in [3.05, 3.63) is 29.3 Å². The van der Waals surface area contributed by atoms with Crippen LogP contribution in [0, 0.1) is 13.8 Å². The van der Waals surface area contributed by atoms with Crippen molar-refractivity contribution in [2.24, 2.45) is 0 Å². The van der Waals surface area contributed by atoms with Gasteiger partial charge in [-0.2, -0.15) is 0 Å². The highest BCUT2D eigenvalue weighted by Gasteiger charge is 2.29. The van der Waals surface area contributed by atoms with E-state index in [1.807, 2.05) is 32.0 Å². The maximum atomic E-state index is 12.1. The minimum absolute atomic E-state index is 0.00602. The van der Waals surface area contributed by atoms with Gasteiger partial charge in [0.1, 0.15) is 0 Å². The van der Waals surface area contributed by atoms with Crippen LogP contribution in [-0.2, 0) is 19.4 Å². The second-order valence-corrected chi connectivity index (χ2v) is 8.56. The fraction of sp³-hybridized carbons (Fsp3) is 0.529. The van der Waals surface area contributed by atoms with Gasteiger partial charge < -0.3 is 10.2 Å². The summed E-state index contributed by atoms with van der Waals surface area (Å²) in [6.07, 6.45) is 0.602. The Balaban J connectivity index is 2.00. The number of hydrogen-bond donors (Lipinski definition) is 1. The molecule has 0 aliphatic carbocycles. The predicted octanol–water partition coefficient (Wildman–Crippen LogP) is 1.35. The summed E-state index contributed by atoms with van der Waals surface area (Å²) >= 11 is 0. The molecule has 6 nitrogen and oxygen atoms in total. The molecule has 132 valence electrons. The molecule has 0 saturated carbocycles. The first-order chi connectivity index (χ1) is 11.2. The van der Waals surface area contributed by atoms with E-state index < -0.39 is 9.84 Å². The van der Waals surface area contributed by atoms with Gasteiger partial charge in [0, 0.05) is 31.6 Å². The van der Waals surface area contributed by atoms with Crippen molar-refractivity contribution in [3.8, 4) is 0 Å². The molecule has 1 aromatic rings. The molecule has 0 radical (unpaired) electrons. The van der Waals surface area contributed by atoms with Gasteiger partial charge in [-0.15, -0.1) is 0 Å². The Morgan fingerprint density at radius 2 is 1.88 bits per heavy atom. The van der Waals surface area contributed by atoms with Crippen molar-refractivity contribution in [3.63, 3.8) is 0 Å². The lowest BCUT2D eigenvalue weighted by Crippen LogP contribution is -2.39. The lowest BCUT2D eigenvalue weighted by molar-refractivity contribution is -0.121. The third-order valence-electron chi connectivity index (χ3n) is 4.25. The average Bonchev–Trinajstić information content (AvgIpc) is 2.80. The van der Waals surface area contributed by atoms with Gasteiger partial charge in [0.2, 0.25) is 11.8 Å². The highest BCUT2D eigenvalue weighted by atomic mass is 32.2. The van der Waals surface area contributed by atoms with E-state index in [1.54, 1.807) is 4.90 Å². The molecule has 1 unspecified atom stereocenters. The standard InChI is InChI=1S/C17H24N2O4S/c1-12-5-4-6-13(2)17(12)19(14(3)20)9-7-16(21)18-15-8-10-24(22,23)11-15/h4-6,15H,7-11H2,1-3H3,(H,18,21). The second kappa shape index (κ2) is 7.34. The van der Waals surface area contributed by atoms with E-state index in [9.17, 15) is 18.0 Å². The Labute approximate surface area is 143 Å². The van der Waals surface area contributed by atoms with Crippen LogP contribution in [0.1, 0.15) is 30.9 Å². The number of hydrogen-bond acceptors (Lipinski definition) is 4. The van der Waals surface area contributed by atoms with Crippen LogP contribution < -0.4 is 10.2 Å². The number of sulfone groups is 1. The SMILES string of the molecule is CC(=O)N(CCC(=O)NC1CCS(=O)(=O)C1)c1c(C)cccc1C. The van der Waals surface area contributed by atoms with Gasteiger partial charge in [0.05, 0.1) is 11.5 Å². The summed E-state index contributed by atoms with van der Waals surface area (Å²) in [6.45, 7) is 5.61. The molecule has 1 saturated heterocycles. The van der Waals surface area contributed by atoms with Crippen LogP contribution in [0.4, 0.5) is 5.69 Å². The van der Waals surface area contributed by atoms with Crippen LogP contribution in [0.2, 0.25) is 0 Å². The molecule has 1 N–H and O–H groups in total. The summed E-state index contributed by atoms with van der Waals surface area (Å²) < 4.78 is 22.9. The summed E-state index contributed by atoms with van der Waals surface area (Å²) in [6, 6.07) is 5.48. The maximum Gasteiger partial charge on any atom is 0.223 e. The maximum absolute atomic E-state index is 12.1. The third kappa shape index (κ3) is 4.56. The van der Waals surface area contributed by atoms with E-state index in [4.69, 9.17) is 0 Å². The highest BCUT2D eigenvalue weighted by molar-refractivity contribution is 7.91. The normalized spacial score (nSPS) is 19.0. The zero-order valence-corrected chi connectivity index (χ0v) is 15.1. The highest BCUT2D eigenvalue weighted by Crippen LogP contribution is 2.25. The van der Waals surface area contributed by atoms with Crippen molar-refractivity contribution in [2.75, 3.05) is 23.0 Å². The molecule has 7 heteroatoms. The number of nitrogens with zero attached hydrogens (tertiary/aromatic N) is 1. The minimum atomic E-state index is -3.02. The lowest BCUT2D eigenvalue weighted by Gasteiger charge is -2.25.